The number of sulfonamides is 1. The minimum Gasteiger partial charge on any atom is -0.387 e. The number of halogens is 1. The first-order valence-corrected chi connectivity index (χ1v) is 14.9. The zero-order valence-corrected chi connectivity index (χ0v) is 23.4. The van der Waals surface area contributed by atoms with Gasteiger partial charge in [0, 0.05) is 12.1 Å². The summed E-state index contributed by atoms with van der Waals surface area (Å²) in [4.78, 5) is 12.8. The molecule has 4 rings (SSSR count). The Bertz CT molecular complexity index is 1290. The third kappa shape index (κ3) is 8.40. The van der Waals surface area contributed by atoms with Crippen LogP contribution >= 0.6 is 12.4 Å². The molecule has 1 atom stereocenters. The van der Waals surface area contributed by atoms with Crippen LogP contribution in [0.2, 0.25) is 0 Å². The molecule has 0 saturated heterocycles. The monoisotopic (exact) mass is 556 g/mol. The zero-order valence-electron chi connectivity index (χ0n) is 21.7. The number of hydrogen-bond acceptors (Lipinski definition) is 5. The van der Waals surface area contributed by atoms with Gasteiger partial charge in [0.25, 0.3) is 5.91 Å². The molecule has 3 N–H and O–H groups in total. The lowest BCUT2D eigenvalue weighted by Crippen LogP contribution is -2.30. The highest BCUT2D eigenvalue weighted by atomic mass is 35.5. The van der Waals surface area contributed by atoms with E-state index in [1.165, 1.54) is 12.0 Å². The maximum Gasteiger partial charge on any atom is 0.265 e. The summed E-state index contributed by atoms with van der Waals surface area (Å²) in [5.41, 5.74) is 5.56. The molecule has 0 aliphatic heterocycles. The van der Waals surface area contributed by atoms with Crippen LogP contribution in [0.1, 0.15) is 71.2 Å². The van der Waals surface area contributed by atoms with E-state index >= 15 is 0 Å². The number of aliphatic hydroxyl groups excluding tert-OH is 1. The van der Waals surface area contributed by atoms with Crippen LogP contribution in [0.25, 0.3) is 11.1 Å². The Balaban J connectivity index is 0.00000400. The number of benzene rings is 3. The predicted molar refractivity (Wildman–Crippen MR) is 155 cm³/mol. The van der Waals surface area contributed by atoms with Crippen molar-refractivity contribution in [3.8, 4) is 11.1 Å². The molecule has 1 aliphatic carbocycles. The lowest BCUT2D eigenvalue weighted by atomic mass is 9.81. The van der Waals surface area contributed by atoms with Crippen molar-refractivity contribution < 1.29 is 18.3 Å². The van der Waals surface area contributed by atoms with Crippen LogP contribution in [-0.4, -0.2) is 38.8 Å². The molecular weight excluding hydrogens is 520 g/mol. The number of carbonyl (C=O) groups excluding carboxylic acids is 1. The molecule has 3 aromatic carbocycles. The number of rotatable bonds is 10. The molecular formula is C30H37ClN2O4S. The molecule has 1 fully saturated rings. The van der Waals surface area contributed by atoms with Crippen molar-refractivity contribution in [1.82, 2.24) is 10.0 Å². The van der Waals surface area contributed by atoms with E-state index < -0.39 is 22.0 Å². The van der Waals surface area contributed by atoms with Gasteiger partial charge in [0.1, 0.15) is 0 Å². The van der Waals surface area contributed by atoms with Gasteiger partial charge in [0.05, 0.1) is 12.4 Å². The zero-order chi connectivity index (χ0) is 26.3. The largest absolute Gasteiger partial charge is 0.387 e. The van der Waals surface area contributed by atoms with E-state index in [2.05, 4.69) is 40.4 Å². The summed E-state index contributed by atoms with van der Waals surface area (Å²) in [5.74, 6) is -0.305. The van der Waals surface area contributed by atoms with Crippen LogP contribution in [0.4, 0.5) is 0 Å². The van der Waals surface area contributed by atoms with Gasteiger partial charge >= 0.3 is 0 Å². The van der Waals surface area contributed by atoms with E-state index in [1.54, 1.807) is 6.07 Å². The number of hydrogen-bond donors (Lipinski definition) is 3. The number of amides is 1. The number of carbonyl (C=O) groups is 1. The van der Waals surface area contributed by atoms with Crippen LogP contribution in [0, 0.1) is 0 Å². The maximum absolute atomic E-state index is 12.8. The summed E-state index contributed by atoms with van der Waals surface area (Å²) in [6.45, 7) is 1.27. The van der Waals surface area contributed by atoms with Crippen molar-refractivity contribution in [2.24, 2.45) is 0 Å². The van der Waals surface area contributed by atoms with Crippen LogP contribution in [0.3, 0.4) is 0 Å². The molecule has 1 amide bonds. The Labute approximate surface area is 232 Å². The Morgan fingerprint density at radius 1 is 0.947 bits per heavy atom. The van der Waals surface area contributed by atoms with Crippen LogP contribution in [-0.2, 0) is 16.4 Å². The molecule has 38 heavy (non-hydrogen) atoms. The summed E-state index contributed by atoms with van der Waals surface area (Å²) < 4.78 is 25.5. The smallest absolute Gasteiger partial charge is 0.265 e. The normalized spacial score (nSPS) is 14.9. The summed E-state index contributed by atoms with van der Waals surface area (Å²) in [6.07, 6.45) is 6.77. The first-order valence-electron chi connectivity index (χ1n) is 13.0. The van der Waals surface area contributed by atoms with E-state index in [-0.39, 0.29) is 18.3 Å². The molecule has 0 heterocycles. The molecule has 0 bridgehead atoms. The average molecular weight is 557 g/mol. The standard InChI is InChI=1S/C30H36N2O4S.ClH/c1-37(35,36)32-30(34)27-17-16-26(20-28(27)24-8-4-2-5-9-24)23-14-12-22(13-15-23)18-19-31-21-29(33)25-10-6-3-7-11-25;/h3,6-7,10-17,20,24,29,31,33H,2,4-5,8-9,18-19,21H2,1H3,(H,32,34);1H/t29-;/m0./s1. The van der Waals surface area contributed by atoms with Gasteiger partial charge in [-0.2, -0.15) is 0 Å². The second kappa shape index (κ2) is 13.9. The molecule has 0 aromatic heterocycles. The van der Waals surface area contributed by atoms with Gasteiger partial charge in [0.2, 0.25) is 10.0 Å². The SMILES string of the molecule is CS(=O)(=O)NC(=O)c1ccc(-c2ccc(CCNC[C@H](O)c3ccccc3)cc2)cc1C1CCCCC1.Cl. The topological polar surface area (TPSA) is 95.5 Å². The molecule has 1 aliphatic rings. The van der Waals surface area contributed by atoms with Crippen molar-refractivity contribution in [3.63, 3.8) is 0 Å². The Morgan fingerprint density at radius 3 is 2.26 bits per heavy atom. The summed E-state index contributed by atoms with van der Waals surface area (Å²) in [5, 5.41) is 13.6. The van der Waals surface area contributed by atoms with Crippen molar-refractivity contribution in [3.05, 3.63) is 95.1 Å². The third-order valence-electron chi connectivity index (χ3n) is 7.02. The fraction of sp³-hybridized carbons (Fsp3) is 0.367. The molecule has 3 aromatic rings. The van der Waals surface area contributed by atoms with Crippen LogP contribution in [0.15, 0.2) is 72.8 Å². The van der Waals surface area contributed by atoms with Crippen LogP contribution < -0.4 is 10.0 Å². The second-order valence-electron chi connectivity index (χ2n) is 9.92. The fourth-order valence-electron chi connectivity index (χ4n) is 5.05. The van der Waals surface area contributed by atoms with Gasteiger partial charge < -0.3 is 10.4 Å². The van der Waals surface area contributed by atoms with Gasteiger partial charge in [-0.05, 0) is 65.6 Å². The predicted octanol–water partition coefficient (Wildman–Crippen LogP) is 5.38. The number of aliphatic hydroxyl groups is 1. The summed E-state index contributed by atoms with van der Waals surface area (Å²) in [7, 11) is -3.63. The number of nitrogens with one attached hydrogen (secondary N) is 2. The van der Waals surface area contributed by atoms with Crippen molar-refractivity contribution in [2.75, 3.05) is 19.3 Å². The Kier molecular flexibility index (Phi) is 10.9. The summed E-state index contributed by atoms with van der Waals surface area (Å²) in [6, 6.07) is 23.7. The van der Waals surface area contributed by atoms with Crippen LogP contribution in [0.5, 0.6) is 0 Å². The van der Waals surface area contributed by atoms with E-state index in [1.807, 2.05) is 36.4 Å². The van der Waals surface area contributed by atoms with E-state index in [0.717, 1.165) is 67.2 Å². The lowest BCUT2D eigenvalue weighted by molar-refractivity contribution is 0.0980. The van der Waals surface area contributed by atoms with Gasteiger partial charge in [-0.3, -0.25) is 4.79 Å². The Hall–Kier alpha value is -2.71. The van der Waals surface area contributed by atoms with Gasteiger partial charge in [-0.15, -0.1) is 12.4 Å². The molecule has 0 unspecified atom stereocenters. The average Bonchev–Trinajstić information content (AvgIpc) is 2.91. The summed E-state index contributed by atoms with van der Waals surface area (Å²) >= 11 is 0. The van der Waals surface area contributed by atoms with E-state index in [9.17, 15) is 18.3 Å². The molecule has 8 heteroatoms. The van der Waals surface area contributed by atoms with Gasteiger partial charge in [-0.25, -0.2) is 13.1 Å². The highest BCUT2D eigenvalue weighted by Crippen LogP contribution is 2.36. The lowest BCUT2D eigenvalue weighted by Gasteiger charge is -2.24. The Morgan fingerprint density at radius 2 is 1.61 bits per heavy atom. The molecule has 204 valence electrons. The van der Waals surface area contributed by atoms with Crippen molar-refractivity contribution in [1.29, 1.82) is 0 Å². The molecule has 1 saturated carbocycles. The highest BCUT2D eigenvalue weighted by molar-refractivity contribution is 7.89. The highest BCUT2D eigenvalue weighted by Gasteiger charge is 2.23. The van der Waals surface area contributed by atoms with Crippen molar-refractivity contribution in [2.45, 2.75) is 50.5 Å². The molecule has 0 spiro atoms. The van der Waals surface area contributed by atoms with E-state index in [4.69, 9.17) is 0 Å². The molecule has 6 nitrogen and oxygen atoms in total. The van der Waals surface area contributed by atoms with Gasteiger partial charge in [-0.1, -0.05) is 86.0 Å². The second-order valence-corrected chi connectivity index (χ2v) is 11.7. The minimum atomic E-state index is -3.63. The minimum absolute atomic E-state index is 0. The third-order valence-corrected chi connectivity index (χ3v) is 7.58. The fourth-order valence-corrected chi connectivity index (χ4v) is 5.50. The van der Waals surface area contributed by atoms with Crippen molar-refractivity contribution >= 4 is 28.3 Å². The van der Waals surface area contributed by atoms with E-state index in [0.29, 0.717) is 12.1 Å². The first-order chi connectivity index (χ1) is 17.8. The first kappa shape index (κ1) is 29.8. The molecule has 0 radical (unpaired) electrons. The van der Waals surface area contributed by atoms with Gasteiger partial charge in [0.15, 0.2) is 0 Å². The quantitative estimate of drug-likeness (QED) is 0.291. The maximum atomic E-state index is 12.8.